The molecule has 0 aliphatic carbocycles. The summed E-state index contributed by atoms with van der Waals surface area (Å²) >= 11 is 0. The van der Waals surface area contributed by atoms with Crippen LogP contribution in [0.2, 0.25) is 0 Å². The van der Waals surface area contributed by atoms with Gasteiger partial charge in [-0.1, -0.05) is 48.5 Å². The number of para-hydroxylation sites is 1. The monoisotopic (exact) mass is 263 g/mol. The van der Waals surface area contributed by atoms with E-state index in [-0.39, 0.29) is 6.61 Å². The summed E-state index contributed by atoms with van der Waals surface area (Å²) in [5, 5.41) is 10.3. The predicted octanol–water partition coefficient (Wildman–Crippen LogP) is 3.51. The lowest BCUT2D eigenvalue weighted by Crippen LogP contribution is -1.96. The van der Waals surface area contributed by atoms with Gasteiger partial charge in [-0.15, -0.1) is 0 Å². The minimum atomic E-state index is 0.0993. The average molecular weight is 263 g/mol. The molecule has 20 heavy (non-hydrogen) atoms. The van der Waals surface area contributed by atoms with Gasteiger partial charge in [0, 0.05) is 11.1 Å². The number of aliphatic hydroxyl groups is 1. The van der Waals surface area contributed by atoms with Crippen molar-refractivity contribution in [1.29, 1.82) is 0 Å². The highest BCUT2D eigenvalue weighted by Gasteiger charge is 2.00. The van der Waals surface area contributed by atoms with Crippen LogP contribution in [0.15, 0.2) is 60.7 Å². The maximum absolute atomic E-state index is 9.15. The predicted molar refractivity (Wildman–Crippen MR) is 81.5 cm³/mol. The smallest absolute Gasteiger partial charge is 0.0705 e. The number of pyridine rings is 1. The van der Waals surface area contributed by atoms with Crippen molar-refractivity contribution in [3.05, 3.63) is 77.5 Å². The van der Waals surface area contributed by atoms with Gasteiger partial charge in [-0.3, -0.25) is 4.98 Å². The number of hydrogen-bond donors (Lipinski definition) is 1. The van der Waals surface area contributed by atoms with Gasteiger partial charge in [0.2, 0.25) is 0 Å². The fourth-order valence-electron chi connectivity index (χ4n) is 2.40. The molecule has 1 N–H and O–H groups in total. The van der Waals surface area contributed by atoms with Crippen molar-refractivity contribution < 1.29 is 5.11 Å². The molecule has 0 saturated carbocycles. The van der Waals surface area contributed by atoms with Crippen molar-refractivity contribution in [2.45, 2.75) is 19.4 Å². The quantitative estimate of drug-likeness (QED) is 0.781. The first-order valence-corrected chi connectivity index (χ1v) is 6.88. The first-order chi connectivity index (χ1) is 9.85. The SMILES string of the molecule is OCc1cccc(CCc2ccc3ccccc3n2)c1. The van der Waals surface area contributed by atoms with Gasteiger partial charge in [-0.2, -0.15) is 0 Å². The van der Waals surface area contributed by atoms with Crippen LogP contribution < -0.4 is 0 Å². The summed E-state index contributed by atoms with van der Waals surface area (Å²) in [6, 6.07) is 20.5. The Kier molecular flexibility index (Phi) is 3.75. The van der Waals surface area contributed by atoms with Crippen LogP contribution in [0.25, 0.3) is 10.9 Å². The lowest BCUT2D eigenvalue weighted by Gasteiger charge is -2.05. The van der Waals surface area contributed by atoms with Crippen molar-refractivity contribution in [1.82, 2.24) is 4.98 Å². The van der Waals surface area contributed by atoms with Crippen LogP contribution >= 0.6 is 0 Å². The molecule has 2 aromatic carbocycles. The Morgan fingerprint density at radius 2 is 1.65 bits per heavy atom. The lowest BCUT2D eigenvalue weighted by atomic mass is 10.0. The largest absolute Gasteiger partial charge is 0.392 e. The second kappa shape index (κ2) is 5.85. The number of fused-ring (bicyclic) bond motifs is 1. The third-order valence-corrected chi connectivity index (χ3v) is 3.50. The van der Waals surface area contributed by atoms with E-state index in [4.69, 9.17) is 5.11 Å². The van der Waals surface area contributed by atoms with Crippen molar-refractivity contribution in [2.24, 2.45) is 0 Å². The van der Waals surface area contributed by atoms with Crippen LogP contribution in [0.3, 0.4) is 0 Å². The molecular formula is C18H17NO. The minimum Gasteiger partial charge on any atom is -0.392 e. The maximum Gasteiger partial charge on any atom is 0.0705 e. The first kappa shape index (κ1) is 12.8. The molecule has 0 amide bonds. The molecule has 1 heterocycles. The van der Waals surface area contributed by atoms with E-state index in [1.165, 1.54) is 10.9 Å². The number of aliphatic hydroxyl groups excluding tert-OH is 1. The fourth-order valence-corrected chi connectivity index (χ4v) is 2.40. The van der Waals surface area contributed by atoms with Crippen LogP contribution in [0.4, 0.5) is 0 Å². The van der Waals surface area contributed by atoms with Gasteiger partial charge >= 0.3 is 0 Å². The Morgan fingerprint density at radius 1 is 0.800 bits per heavy atom. The van der Waals surface area contributed by atoms with E-state index >= 15 is 0 Å². The van der Waals surface area contributed by atoms with Gasteiger partial charge in [0.25, 0.3) is 0 Å². The minimum absolute atomic E-state index is 0.0993. The van der Waals surface area contributed by atoms with Gasteiger partial charge in [0.15, 0.2) is 0 Å². The Bertz CT molecular complexity index is 721. The highest BCUT2D eigenvalue weighted by Crippen LogP contribution is 2.14. The summed E-state index contributed by atoms with van der Waals surface area (Å²) in [6.45, 7) is 0.0993. The number of rotatable bonds is 4. The molecule has 2 nitrogen and oxygen atoms in total. The molecule has 0 spiro atoms. The van der Waals surface area contributed by atoms with Gasteiger partial charge in [-0.25, -0.2) is 0 Å². The van der Waals surface area contributed by atoms with Crippen LogP contribution in [-0.2, 0) is 19.4 Å². The zero-order valence-electron chi connectivity index (χ0n) is 11.3. The summed E-state index contributed by atoms with van der Waals surface area (Å²) in [7, 11) is 0. The summed E-state index contributed by atoms with van der Waals surface area (Å²) in [4.78, 5) is 4.68. The first-order valence-electron chi connectivity index (χ1n) is 6.88. The van der Waals surface area contributed by atoms with Crippen molar-refractivity contribution in [3.63, 3.8) is 0 Å². The van der Waals surface area contributed by atoms with Gasteiger partial charge < -0.3 is 5.11 Å². The Hall–Kier alpha value is -2.19. The topological polar surface area (TPSA) is 33.1 Å². The fraction of sp³-hybridized carbons (Fsp3) is 0.167. The number of hydrogen-bond acceptors (Lipinski definition) is 2. The molecule has 0 aliphatic rings. The van der Waals surface area contributed by atoms with E-state index < -0.39 is 0 Å². The second-order valence-corrected chi connectivity index (χ2v) is 4.97. The Balaban J connectivity index is 1.76. The number of aryl methyl sites for hydroxylation is 2. The van der Waals surface area contributed by atoms with Crippen LogP contribution in [-0.4, -0.2) is 10.1 Å². The van der Waals surface area contributed by atoms with E-state index in [9.17, 15) is 0 Å². The van der Waals surface area contributed by atoms with Gasteiger partial charge in [-0.05, 0) is 36.1 Å². The van der Waals surface area contributed by atoms with Crippen molar-refractivity contribution in [3.8, 4) is 0 Å². The van der Waals surface area contributed by atoms with Crippen LogP contribution in [0.5, 0.6) is 0 Å². The number of benzene rings is 2. The molecule has 0 saturated heterocycles. The summed E-state index contributed by atoms with van der Waals surface area (Å²) in [5.74, 6) is 0. The normalized spacial score (nSPS) is 10.8. The number of aromatic nitrogens is 1. The molecule has 3 aromatic rings. The molecule has 0 bridgehead atoms. The molecule has 0 atom stereocenters. The average Bonchev–Trinajstić information content (AvgIpc) is 2.53. The van der Waals surface area contributed by atoms with Gasteiger partial charge in [0.05, 0.1) is 12.1 Å². The molecular weight excluding hydrogens is 246 g/mol. The van der Waals surface area contributed by atoms with E-state index in [1.54, 1.807) is 0 Å². The van der Waals surface area contributed by atoms with Crippen molar-refractivity contribution >= 4 is 10.9 Å². The Morgan fingerprint density at radius 3 is 2.55 bits per heavy atom. The summed E-state index contributed by atoms with van der Waals surface area (Å²) in [6.07, 6.45) is 1.86. The lowest BCUT2D eigenvalue weighted by molar-refractivity contribution is 0.281. The molecule has 1 aromatic heterocycles. The highest BCUT2D eigenvalue weighted by molar-refractivity contribution is 5.78. The van der Waals surface area contributed by atoms with E-state index in [0.29, 0.717) is 0 Å². The molecule has 0 radical (unpaired) electrons. The Labute approximate surface area is 118 Å². The second-order valence-electron chi connectivity index (χ2n) is 4.97. The van der Waals surface area contributed by atoms with Crippen LogP contribution in [0.1, 0.15) is 16.8 Å². The van der Waals surface area contributed by atoms with E-state index in [2.05, 4.69) is 35.3 Å². The standard InChI is InChI=1S/C18H17NO/c20-13-15-5-3-4-14(12-15)8-10-17-11-9-16-6-1-2-7-18(16)19-17/h1-7,9,11-12,20H,8,10,13H2. The van der Waals surface area contributed by atoms with Gasteiger partial charge in [0.1, 0.15) is 0 Å². The highest BCUT2D eigenvalue weighted by atomic mass is 16.3. The third-order valence-electron chi connectivity index (χ3n) is 3.50. The summed E-state index contributed by atoms with van der Waals surface area (Å²) in [5.41, 5.74) is 4.37. The third kappa shape index (κ3) is 2.86. The molecule has 0 unspecified atom stereocenters. The van der Waals surface area contributed by atoms with Crippen LogP contribution in [0, 0.1) is 0 Å². The molecule has 100 valence electrons. The van der Waals surface area contributed by atoms with Crippen molar-refractivity contribution in [2.75, 3.05) is 0 Å². The zero-order chi connectivity index (χ0) is 13.8. The molecule has 0 aliphatic heterocycles. The molecule has 2 heteroatoms. The molecule has 3 rings (SSSR count). The molecule has 0 fully saturated rings. The van der Waals surface area contributed by atoms with E-state index in [0.717, 1.165) is 29.6 Å². The van der Waals surface area contributed by atoms with E-state index in [1.807, 2.05) is 30.3 Å². The number of nitrogens with zero attached hydrogens (tertiary/aromatic N) is 1. The summed E-state index contributed by atoms with van der Waals surface area (Å²) < 4.78 is 0. The maximum atomic E-state index is 9.15. The zero-order valence-corrected chi connectivity index (χ0v) is 11.3.